The van der Waals surface area contributed by atoms with E-state index in [1.54, 1.807) is 0 Å². The Hall–Kier alpha value is -0.120. The van der Waals surface area contributed by atoms with Crippen LogP contribution in [0.25, 0.3) is 0 Å². The zero-order chi connectivity index (χ0) is 5.70. The van der Waals surface area contributed by atoms with Crippen molar-refractivity contribution < 1.29 is 15.7 Å². The first-order chi connectivity index (χ1) is 3.31. The Morgan fingerprint density at radius 1 is 1.50 bits per heavy atom. The summed E-state index contributed by atoms with van der Waals surface area (Å²) in [4.78, 5) is 0. The Balaban J connectivity index is 0. The maximum absolute atomic E-state index is 8.61. The molecule has 0 aromatic carbocycles. The van der Waals surface area contributed by atoms with Gasteiger partial charge < -0.3 is 15.7 Å². The van der Waals surface area contributed by atoms with Crippen LogP contribution in [0.3, 0.4) is 0 Å². The zero-order valence-corrected chi connectivity index (χ0v) is 5.09. The first-order valence-corrected chi connectivity index (χ1v) is 2.60. The molecule has 1 unspecified atom stereocenters. The lowest BCUT2D eigenvalue weighted by molar-refractivity contribution is 0.0877. The second-order valence-corrected chi connectivity index (χ2v) is 1.63. The van der Waals surface area contributed by atoms with Crippen molar-refractivity contribution in [2.24, 2.45) is 0 Å². The Morgan fingerprint density at radius 3 is 2.12 bits per heavy atom. The SMILES string of the molecule is CCCC(O)CO.O. The van der Waals surface area contributed by atoms with E-state index in [4.69, 9.17) is 10.2 Å². The van der Waals surface area contributed by atoms with Gasteiger partial charge in [0, 0.05) is 0 Å². The molecule has 0 fully saturated rings. The molecule has 8 heavy (non-hydrogen) atoms. The van der Waals surface area contributed by atoms with Crippen LogP contribution >= 0.6 is 0 Å². The fourth-order valence-electron chi connectivity index (χ4n) is 0.425. The van der Waals surface area contributed by atoms with E-state index < -0.39 is 6.10 Å². The van der Waals surface area contributed by atoms with Crippen LogP contribution in [0.1, 0.15) is 19.8 Å². The zero-order valence-electron chi connectivity index (χ0n) is 5.09. The molecule has 4 N–H and O–H groups in total. The minimum atomic E-state index is -0.495. The van der Waals surface area contributed by atoms with E-state index in [2.05, 4.69) is 0 Å². The highest BCUT2D eigenvalue weighted by Gasteiger charge is 1.95. The Kier molecular flexibility index (Phi) is 9.28. The van der Waals surface area contributed by atoms with Crippen molar-refractivity contribution in [1.82, 2.24) is 0 Å². The predicted molar refractivity (Wildman–Crippen MR) is 31.6 cm³/mol. The molecule has 0 amide bonds. The van der Waals surface area contributed by atoms with Crippen LogP contribution in [0.5, 0.6) is 0 Å². The van der Waals surface area contributed by atoms with Gasteiger partial charge in [0.2, 0.25) is 0 Å². The third-order valence-electron chi connectivity index (χ3n) is 0.833. The third kappa shape index (κ3) is 5.88. The summed E-state index contributed by atoms with van der Waals surface area (Å²) in [6.07, 6.45) is 1.14. The summed E-state index contributed by atoms with van der Waals surface area (Å²) >= 11 is 0. The summed E-state index contributed by atoms with van der Waals surface area (Å²) in [7, 11) is 0. The first kappa shape index (κ1) is 10.8. The van der Waals surface area contributed by atoms with E-state index >= 15 is 0 Å². The highest BCUT2D eigenvalue weighted by Crippen LogP contribution is 1.92. The van der Waals surface area contributed by atoms with Gasteiger partial charge >= 0.3 is 0 Å². The molecule has 52 valence electrons. The summed E-state index contributed by atoms with van der Waals surface area (Å²) in [5.74, 6) is 0. The van der Waals surface area contributed by atoms with Crippen LogP contribution < -0.4 is 0 Å². The third-order valence-corrected chi connectivity index (χ3v) is 0.833. The molecule has 0 radical (unpaired) electrons. The van der Waals surface area contributed by atoms with Crippen molar-refractivity contribution in [3.05, 3.63) is 0 Å². The molecule has 1 atom stereocenters. The van der Waals surface area contributed by atoms with Gasteiger partial charge in [0.25, 0.3) is 0 Å². The summed E-state index contributed by atoms with van der Waals surface area (Å²) in [6.45, 7) is 1.87. The summed E-state index contributed by atoms with van der Waals surface area (Å²) in [5.41, 5.74) is 0. The van der Waals surface area contributed by atoms with Gasteiger partial charge in [-0.25, -0.2) is 0 Å². The Morgan fingerprint density at radius 2 is 2.00 bits per heavy atom. The van der Waals surface area contributed by atoms with Crippen molar-refractivity contribution >= 4 is 0 Å². The average molecular weight is 122 g/mol. The normalized spacial score (nSPS) is 12.4. The van der Waals surface area contributed by atoms with Gasteiger partial charge in [0.05, 0.1) is 12.7 Å². The van der Waals surface area contributed by atoms with Gasteiger partial charge in [-0.3, -0.25) is 0 Å². The van der Waals surface area contributed by atoms with Crippen molar-refractivity contribution in [1.29, 1.82) is 0 Å². The molecule has 0 rings (SSSR count). The van der Waals surface area contributed by atoms with Crippen molar-refractivity contribution in [2.75, 3.05) is 6.61 Å². The number of rotatable bonds is 3. The minimum Gasteiger partial charge on any atom is -0.412 e. The summed E-state index contributed by atoms with van der Waals surface area (Å²) in [6, 6.07) is 0. The van der Waals surface area contributed by atoms with Gasteiger partial charge in [0.15, 0.2) is 0 Å². The largest absolute Gasteiger partial charge is 0.412 e. The number of hydrogen-bond acceptors (Lipinski definition) is 2. The fraction of sp³-hybridized carbons (Fsp3) is 1.00. The molecule has 0 aliphatic heterocycles. The molecule has 0 saturated carbocycles. The molecule has 0 aromatic heterocycles. The van der Waals surface area contributed by atoms with E-state index in [1.807, 2.05) is 6.92 Å². The predicted octanol–water partition coefficient (Wildman–Crippen LogP) is -0.685. The van der Waals surface area contributed by atoms with E-state index in [0.717, 1.165) is 6.42 Å². The average Bonchev–Trinajstić information content (AvgIpc) is 1.68. The number of aliphatic hydroxyl groups excluding tert-OH is 2. The minimum absolute atomic E-state index is 0. The quantitative estimate of drug-likeness (QED) is 0.520. The fourth-order valence-corrected chi connectivity index (χ4v) is 0.425. The lowest BCUT2D eigenvalue weighted by atomic mass is 10.2. The summed E-state index contributed by atoms with van der Waals surface area (Å²) < 4.78 is 0. The number of hydrogen-bond donors (Lipinski definition) is 2. The van der Waals surface area contributed by atoms with Crippen LogP contribution in [-0.4, -0.2) is 28.4 Å². The second-order valence-electron chi connectivity index (χ2n) is 1.63. The highest BCUT2D eigenvalue weighted by atomic mass is 16.3. The van der Waals surface area contributed by atoms with Crippen molar-refractivity contribution in [3.63, 3.8) is 0 Å². The first-order valence-electron chi connectivity index (χ1n) is 2.60. The molecule has 0 bridgehead atoms. The molecule has 0 spiro atoms. The highest BCUT2D eigenvalue weighted by molar-refractivity contribution is 4.48. The van der Waals surface area contributed by atoms with Crippen LogP contribution in [0.4, 0.5) is 0 Å². The molecule has 3 nitrogen and oxygen atoms in total. The molecule has 3 heteroatoms. The smallest absolute Gasteiger partial charge is 0.0770 e. The van der Waals surface area contributed by atoms with Crippen LogP contribution in [-0.2, 0) is 0 Å². The second kappa shape index (κ2) is 6.88. The Labute approximate surface area is 49.3 Å². The molecular formula is C5H14O3. The summed E-state index contributed by atoms with van der Waals surface area (Å²) in [5, 5.41) is 16.8. The molecule has 0 saturated heterocycles. The number of aliphatic hydroxyl groups is 2. The molecule has 0 aromatic rings. The molecule has 0 aliphatic rings. The van der Waals surface area contributed by atoms with Gasteiger partial charge in [0.1, 0.15) is 0 Å². The van der Waals surface area contributed by atoms with E-state index in [0.29, 0.717) is 6.42 Å². The van der Waals surface area contributed by atoms with Crippen LogP contribution in [0.15, 0.2) is 0 Å². The van der Waals surface area contributed by atoms with Gasteiger partial charge in [-0.15, -0.1) is 0 Å². The maximum atomic E-state index is 8.61. The van der Waals surface area contributed by atoms with E-state index in [-0.39, 0.29) is 12.1 Å². The van der Waals surface area contributed by atoms with Gasteiger partial charge in [-0.05, 0) is 6.42 Å². The van der Waals surface area contributed by atoms with Gasteiger partial charge in [-0.2, -0.15) is 0 Å². The van der Waals surface area contributed by atoms with Crippen LogP contribution in [0.2, 0.25) is 0 Å². The topological polar surface area (TPSA) is 72.0 Å². The molecular weight excluding hydrogens is 108 g/mol. The van der Waals surface area contributed by atoms with E-state index in [9.17, 15) is 0 Å². The maximum Gasteiger partial charge on any atom is 0.0770 e. The lowest BCUT2D eigenvalue weighted by Crippen LogP contribution is -2.10. The van der Waals surface area contributed by atoms with Gasteiger partial charge in [-0.1, -0.05) is 13.3 Å². The Bertz CT molecular complexity index is 38.7. The monoisotopic (exact) mass is 122 g/mol. The van der Waals surface area contributed by atoms with Crippen molar-refractivity contribution in [2.45, 2.75) is 25.9 Å². The van der Waals surface area contributed by atoms with Crippen molar-refractivity contribution in [3.8, 4) is 0 Å². The molecule has 0 heterocycles. The van der Waals surface area contributed by atoms with Crippen LogP contribution in [0, 0.1) is 0 Å². The lowest BCUT2D eigenvalue weighted by Gasteiger charge is -2.01. The molecule has 0 aliphatic carbocycles. The standard InChI is InChI=1S/C5H12O2.H2O/c1-2-3-5(7)4-6;/h5-7H,2-4H2,1H3;1H2. The van der Waals surface area contributed by atoms with E-state index in [1.165, 1.54) is 0 Å².